The average Bonchev–Trinajstić information content (AvgIpc) is 3.04. The summed E-state index contributed by atoms with van der Waals surface area (Å²) >= 11 is 0. The summed E-state index contributed by atoms with van der Waals surface area (Å²) in [7, 11) is 0. The molecule has 1 aromatic carbocycles. The normalized spacial score (nSPS) is 21.5. The van der Waals surface area contributed by atoms with Gasteiger partial charge in [0, 0.05) is 11.5 Å². The third-order valence-electron chi connectivity index (χ3n) is 5.55. The van der Waals surface area contributed by atoms with Crippen LogP contribution in [0, 0.1) is 5.41 Å². The minimum Gasteiger partial charge on any atom is -0.339 e. The molecule has 3 heterocycles. The Balaban J connectivity index is 1.30. The van der Waals surface area contributed by atoms with Crippen molar-refractivity contribution in [2.75, 3.05) is 13.1 Å². The molecule has 2 fully saturated rings. The zero-order valence-electron chi connectivity index (χ0n) is 13.9. The molecule has 2 aliphatic rings. The molecular formula is C18H20N6O. The van der Waals surface area contributed by atoms with Crippen molar-refractivity contribution in [2.45, 2.75) is 31.7 Å². The Morgan fingerprint density at radius 2 is 2.04 bits per heavy atom. The van der Waals surface area contributed by atoms with Gasteiger partial charge in [-0.15, -0.1) is 0 Å². The van der Waals surface area contributed by atoms with Gasteiger partial charge in [0.05, 0.1) is 6.54 Å². The van der Waals surface area contributed by atoms with Crippen LogP contribution in [0.1, 0.15) is 36.6 Å². The average molecular weight is 336 g/mol. The lowest BCUT2D eigenvalue weighted by Gasteiger charge is -2.22. The minimum absolute atomic E-state index is 0.413. The standard InChI is InChI=1S/C18H20N6O/c1-3-14(4-2-13(1)10-24-12-20-11-21-24)16-22-17(25-23-16)15-9-18(15)5-7-19-8-6-18/h1-4,11-12,15,19H,5-10H2. The summed E-state index contributed by atoms with van der Waals surface area (Å²) < 4.78 is 7.38. The molecule has 1 N–H and O–H groups in total. The van der Waals surface area contributed by atoms with E-state index in [0.717, 1.165) is 30.1 Å². The maximum atomic E-state index is 5.58. The minimum atomic E-state index is 0.413. The molecular weight excluding hydrogens is 316 g/mol. The van der Waals surface area contributed by atoms with E-state index in [1.807, 2.05) is 12.1 Å². The molecule has 1 aliphatic heterocycles. The molecule has 1 unspecified atom stereocenters. The van der Waals surface area contributed by atoms with Crippen molar-refractivity contribution in [1.82, 2.24) is 30.2 Å². The lowest BCUT2D eigenvalue weighted by molar-refractivity contribution is 0.311. The lowest BCUT2D eigenvalue weighted by atomic mass is 9.92. The Kier molecular flexibility index (Phi) is 3.41. The molecule has 1 saturated carbocycles. The fraction of sp³-hybridized carbons (Fsp3) is 0.444. The fourth-order valence-electron chi connectivity index (χ4n) is 3.93. The van der Waals surface area contributed by atoms with Crippen LogP contribution in [0.2, 0.25) is 0 Å². The molecule has 1 atom stereocenters. The van der Waals surface area contributed by atoms with Gasteiger partial charge in [0.2, 0.25) is 11.7 Å². The van der Waals surface area contributed by atoms with Gasteiger partial charge in [-0.25, -0.2) is 9.67 Å². The van der Waals surface area contributed by atoms with Gasteiger partial charge in [-0.05, 0) is 43.3 Å². The Morgan fingerprint density at radius 3 is 2.80 bits per heavy atom. The summed E-state index contributed by atoms with van der Waals surface area (Å²) in [5.41, 5.74) is 2.56. The monoisotopic (exact) mass is 336 g/mol. The first-order valence-corrected chi connectivity index (χ1v) is 8.78. The fourth-order valence-corrected chi connectivity index (χ4v) is 3.93. The van der Waals surface area contributed by atoms with E-state index in [1.54, 1.807) is 17.3 Å². The van der Waals surface area contributed by atoms with Gasteiger partial charge >= 0.3 is 0 Å². The maximum absolute atomic E-state index is 5.58. The van der Waals surface area contributed by atoms with Crippen molar-refractivity contribution < 1.29 is 4.52 Å². The first-order chi connectivity index (χ1) is 12.3. The van der Waals surface area contributed by atoms with E-state index in [4.69, 9.17) is 4.52 Å². The largest absolute Gasteiger partial charge is 0.339 e. The number of nitrogens with zero attached hydrogens (tertiary/aromatic N) is 5. The number of hydrogen-bond donors (Lipinski definition) is 1. The topological polar surface area (TPSA) is 81.7 Å². The zero-order chi connectivity index (χ0) is 16.7. The van der Waals surface area contributed by atoms with Gasteiger partial charge in [-0.3, -0.25) is 0 Å². The lowest BCUT2D eigenvalue weighted by Crippen LogP contribution is -2.29. The molecule has 0 amide bonds. The maximum Gasteiger partial charge on any atom is 0.230 e. The van der Waals surface area contributed by atoms with Gasteiger partial charge in [0.15, 0.2) is 0 Å². The predicted octanol–water partition coefficient (Wildman–Crippen LogP) is 2.23. The van der Waals surface area contributed by atoms with Crippen LogP contribution >= 0.6 is 0 Å². The summed E-state index contributed by atoms with van der Waals surface area (Å²) in [6.45, 7) is 2.91. The molecule has 7 heteroatoms. The van der Waals surface area contributed by atoms with E-state index in [9.17, 15) is 0 Å². The number of piperidine rings is 1. The van der Waals surface area contributed by atoms with Crippen molar-refractivity contribution in [3.8, 4) is 11.4 Å². The van der Waals surface area contributed by atoms with E-state index >= 15 is 0 Å². The molecule has 1 aliphatic carbocycles. The van der Waals surface area contributed by atoms with E-state index < -0.39 is 0 Å². The van der Waals surface area contributed by atoms with E-state index in [1.165, 1.54) is 19.3 Å². The van der Waals surface area contributed by atoms with E-state index in [-0.39, 0.29) is 0 Å². The summed E-state index contributed by atoms with van der Waals surface area (Å²) in [4.78, 5) is 8.63. The number of benzene rings is 1. The Bertz CT molecular complexity index is 848. The number of nitrogens with one attached hydrogen (secondary N) is 1. The van der Waals surface area contributed by atoms with Gasteiger partial charge in [-0.2, -0.15) is 10.1 Å². The smallest absolute Gasteiger partial charge is 0.230 e. The van der Waals surface area contributed by atoms with Crippen LogP contribution < -0.4 is 5.32 Å². The molecule has 7 nitrogen and oxygen atoms in total. The number of hydrogen-bond acceptors (Lipinski definition) is 6. The first-order valence-electron chi connectivity index (χ1n) is 8.78. The van der Waals surface area contributed by atoms with Crippen molar-refractivity contribution >= 4 is 0 Å². The molecule has 1 saturated heterocycles. The summed E-state index contributed by atoms with van der Waals surface area (Å²) in [6, 6.07) is 8.21. The highest BCUT2D eigenvalue weighted by molar-refractivity contribution is 5.54. The van der Waals surface area contributed by atoms with Crippen LogP contribution in [0.5, 0.6) is 0 Å². The molecule has 5 rings (SSSR count). The summed E-state index contributed by atoms with van der Waals surface area (Å²) in [6.07, 6.45) is 6.87. The van der Waals surface area contributed by atoms with Crippen LogP contribution in [-0.4, -0.2) is 38.0 Å². The molecule has 1 spiro atoms. The summed E-state index contributed by atoms with van der Waals surface area (Å²) in [5, 5.41) is 11.8. The highest BCUT2D eigenvalue weighted by Crippen LogP contribution is 2.63. The van der Waals surface area contributed by atoms with Gasteiger partial charge in [0.1, 0.15) is 12.7 Å². The van der Waals surface area contributed by atoms with Gasteiger partial charge < -0.3 is 9.84 Å². The SMILES string of the molecule is c1ncn(Cc2ccc(-c3noc(C4CC45CCNCC5)n3)cc2)n1. The highest BCUT2D eigenvalue weighted by atomic mass is 16.5. The molecule has 128 valence electrons. The molecule has 0 radical (unpaired) electrons. The van der Waals surface area contributed by atoms with E-state index in [0.29, 0.717) is 23.7 Å². The zero-order valence-corrected chi connectivity index (χ0v) is 13.9. The predicted molar refractivity (Wildman–Crippen MR) is 90.8 cm³/mol. The van der Waals surface area contributed by atoms with E-state index in [2.05, 4.69) is 37.7 Å². The third kappa shape index (κ3) is 2.74. The second-order valence-corrected chi connectivity index (χ2v) is 7.12. The Morgan fingerprint density at radius 1 is 1.20 bits per heavy atom. The van der Waals surface area contributed by atoms with Crippen molar-refractivity contribution in [3.63, 3.8) is 0 Å². The highest BCUT2D eigenvalue weighted by Gasteiger charge is 2.57. The van der Waals surface area contributed by atoms with Crippen LogP contribution in [0.25, 0.3) is 11.4 Å². The number of aromatic nitrogens is 5. The molecule has 0 bridgehead atoms. The van der Waals surface area contributed by atoms with Crippen LogP contribution in [-0.2, 0) is 6.54 Å². The van der Waals surface area contributed by atoms with Crippen LogP contribution in [0.15, 0.2) is 41.4 Å². The molecule has 2 aromatic heterocycles. The Labute approximate surface area is 145 Å². The summed E-state index contributed by atoms with van der Waals surface area (Å²) in [5.74, 6) is 1.93. The van der Waals surface area contributed by atoms with Gasteiger partial charge in [-0.1, -0.05) is 29.4 Å². The second-order valence-electron chi connectivity index (χ2n) is 7.12. The molecule has 3 aromatic rings. The van der Waals surface area contributed by atoms with Crippen LogP contribution in [0.4, 0.5) is 0 Å². The van der Waals surface area contributed by atoms with Gasteiger partial charge in [0.25, 0.3) is 0 Å². The van der Waals surface area contributed by atoms with Crippen molar-refractivity contribution in [3.05, 3.63) is 48.4 Å². The molecule has 25 heavy (non-hydrogen) atoms. The number of rotatable bonds is 4. The van der Waals surface area contributed by atoms with Crippen LogP contribution in [0.3, 0.4) is 0 Å². The Hall–Kier alpha value is -2.54. The van der Waals surface area contributed by atoms with Crippen molar-refractivity contribution in [1.29, 1.82) is 0 Å². The quantitative estimate of drug-likeness (QED) is 0.787. The van der Waals surface area contributed by atoms with Crippen molar-refractivity contribution in [2.24, 2.45) is 5.41 Å². The third-order valence-corrected chi connectivity index (χ3v) is 5.55. The first kappa shape index (κ1) is 14.8. The second kappa shape index (κ2) is 5.77.